The zero-order chi connectivity index (χ0) is 10.4. The molecule has 0 aliphatic carbocycles. The van der Waals surface area contributed by atoms with E-state index in [-0.39, 0.29) is 5.54 Å². The van der Waals surface area contributed by atoms with Crippen LogP contribution in [0.25, 0.3) is 0 Å². The van der Waals surface area contributed by atoms with E-state index in [4.69, 9.17) is 11.5 Å². The molecule has 14 heavy (non-hydrogen) atoms. The summed E-state index contributed by atoms with van der Waals surface area (Å²) < 4.78 is 0. The van der Waals surface area contributed by atoms with Gasteiger partial charge in [-0.2, -0.15) is 0 Å². The Bertz CT molecular complexity index is 148. The molecule has 1 aliphatic rings. The zero-order valence-corrected chi connectivity index (χ0v) is 9.26. The lowest BCUT2D eigenvalue weighted by atomic mass is 9.90. The maximum Gasteiger partial charge on any atom is 0.0206 e. The number of hydrogen-bond acceptors (Lipinski definition) is 4. The minimum atomic E-state index is 0.214. The van der Waals surface area contributed by atoms with Gasteiger partial charge < -0.3 is 16.8 Å². The Morgan fingerprint density at radius 3 is 2.07 bits per heavy atom. The maximum atomic E-state index is 5.67. The molecule has 0 atom stereocenters. The van der Waals surface area contributed by atoms with Crippen LogP contribution in [0.1, 0.15) is 19.8 Å². The van der Waals surface area contributed by atoms with Crippen molar-refractivity contribution in [3.05, 3.63) is 0 Å². The zero-order valence-electron chi connectivity index (χ0n) is 9.26. The summed E-state index contributed by atoms with van der Waals surface area (Å²) in [4.78, 5) is 2.53. The molecule has 0 spiro atoms. The van der Waals surface area contributed by atoms with Crippen molar-refractivity contribution in [3.8, 4) is 0 Å². The predicted octanol–water partition coefficient (Wildman–Crippen LogP) is -0.652. The molecular formula is C10H24N4. The highest BCUT2D eigenvalue weighted by Crippen LogP contribution is 2.22. The van der Waals surface area contributed by atoms with E-state index in [0.29, 0.717) is 0 Å². The van der Waals surface area contributed by atoms with Crippen molar-refractivity contribution < 1.29 is 0 Å². The second-order valence-corrected chi connectivity index (χ2v) is 4.31. The maximum absolute atomic E-state index is 5.67. The molecule has 84 valence electrons. The molecule has 0 amide bonds. The van der Waals surface area contributed by atoms with Crippen molar-refractivity contribution >= 4 is 0 Å². The van der Waals surface area contributed by atoms with Gasteiger partial charge in [0.05, 0.1) is 0 Å². The third kappa shape index (κ3) is 2.92. The average molecular weight is 200 g/mol. The van der Waals surface area contributed by atoms with Crippen molar-refractivity contribution in [2.45, 2.75) is 25.3 Å². The van der Waals surface area contributed by atoms with E-state index in [1.165, 1.54) is 0 Å². The normalized spacial score (nSPS) is 19.9. The quantitative estimate of drug-likeness (QED) is 0.551. The molecule has 1 heterocycles. The van der Waals surface area contributed by atoms with Crippen molar-refractivity contribution in [2.24, 2.45) is 11.5 Å². The third-order valence-corrected chi connectivity index (χ3v) is 3.25. The second-order valence-electron chi connectivity index (χ2n) is 4.31. The van der Waals surface area contributed by atoms with Crippen LogP contribution in [0.5, 0.6) is 0 Å². The second kappa shape index (κ2) is 5.66. The smallest absolute Gasteiger partial charge is 0.0206 e. The molecule has 0 aromatic carbocycles. The number of nitrogens with two attached hydrogens (primary N) is 2. The predicted molar refractivity (Wildman–Crippen MR) is 60.2 cm³/mol. The number of piperazine rings is 1. The van der Waals surface area contributed by atoms with Gasteiger partial charge in [0.1, 0.15) is 0 Å². The van der Waals surface area contributed by atoms with E-state index in [0.717, 1.165) is 52.1 Å². The summed E-state index contributed by atoms with van der Waals surface area (Å²) in [6, 6.07) is 0. The minimum Gasteiger partial charge on any atom is -0.330 e. The monoisotopic (exact) mass is 200 g/mol. The van der Waals surface area contributed by atoms with E-state index < -0.39 is 0 Å². The molecule has 0 radical (unpaired) electrons. The highest BCUT2D eigenvalue weighted by Gasteiger charge is 2.30. The van der Waals surface area contributed by atoms with E-state index in [9.17, 15) is 0 Å². The van der Waals surface area contributed by atoms with Gasteiger partial charge in [-0.1, -0.05) is 0 Å². The van der Waals surface area contributed by atoms with E-state index >= 15 is 0 Å². The Labute approximate surface area is 87.0 Å². The Morgan fingerprint density at radius 2 is 1.64 bits per heavy atom. The first-order valence-corrected chi connectivity index (χ1v) is 5.59. The van der Waals surface area contributed by atoms with Crippen molar-refractivity contribution in [3.63, 3.8) is 0 Å². The van der Waals surface area contributed by atoms with Crippen LogP contribution in [-0.2, 0) is 0 Å². The summed E-state index contributed by atoms with van der Waals surface area (Å²) in [7, 11) is 0. The van der Waals surface area contributed by atoms with Crippen LogP contribution >= 0.6 is 0 Å². The minimum absolute atomic E-state index is 0.214. The van der Waals surface area contributed by atoms with Crippen LogP contribution in [0.3, 0.4) is 0 Å². The van der Waals surface area contributed by atoms with Gasteiger partial charge in [-0.25, -0.2) is 0 Å². The molecule has 0 saturated carbocycles. The molecular weight excluding hydrogens is 176 g/mol. The molecule has 0 unspecified atom stereocenters. The Balaban J connectivity index is 2.54. The molecule has 1 rings (SSSR count). The van der Waals surface area contributed by atoms with Gasteiger partial charge in [-0.15, -0.1) is 0 Å². The Hall–Kier alpha value is -0.160. The Kier molecular flexibility index (Phi) is 4.81. The highest BCUT2D eigenvalue weighted by atomic mass is 15.2. The lowest BCUT2D eigenvalue weighted by molar-refractivity contribution is 0.0763. The highest BCUT2D eigenvalue weighted by molar-refractivity contribution is 4.89. The molecule has 0 aromatic heterocycles. The van der Waals surface area contributed by atoms with Crippen LogP contribution in [0.4, 0.5) is 0 Å². The van der Waals surface area contributed by atoms with Crippen LogP contribution in [0.15, 0.2) is 0 Å². The standard InChI is InChI=1S/C10H24N4/c1-10(2-4-11,3-5-12)14-8-6-13-7-9-14/h13H,2-9,11-12H2,1H3. The van der Waals surface area contributed by atoms with Gasteiger partial charge in [0.2, 0.25) is 0 Å². The number of hydrogen-bond donors (Lipinski definition) is 3. The first-order valence-electron chi connectivity index (χ1n) is 5.59. The van der Waals surface area contributed by atoms with Crippen LogP contribution in [0, 0.1) is 0 Å². The van der Waals surface area contributed by atoms with Gasteiger partial charge in [0, 0.05) is 31.7 Å². The molecule has 0 bridgehead atoms. The van der Waals surface area contributed by atoms with E-state index in [1.807, 2.05) is 0 Å². The average Bonchev–Trinajstić information content (AvgIpc) is 2.20. The van der Waals surface area contributed by atoms with E-state index in [1.54, 1.807) is 0 Å². The fraction of sp³-hybridized carbons (Fsp3) is 1.00. The lowest BCUT2D eigenvalue weighted by Gasteiger charge is -2.43. The van der Waals surface area contributed by atoms with Crippen molar-refractivity contribution in [2.75, 3.05) is 39.3 Å². The van der Waals surface area contributed by atoms with Crippen LogP contribution in [-0.4, -0.2) is 49.7 Å². The first-order chi connectivity index (χ1) is 6.73. The van der Waals surface area contributed by atoms with Crippen LogP contribution in [0.2, 0.25) is 0 Å². The summed E-state index contributed by atoms with van der Waals surface area (Å²) in [6.45, 7) is 8.21. The summed E-state index contributed by atoms with van der Waals surface area (Å²) in [6.07, 6.45) is 2.09. The van der Waals surface area contributed by atoms with Gasteiger partial charge >= 0.3 is 0 Å². The van der Waals surface area contributed by atoms with Gasteiger partial charge in [0.15, 0.2) is 0 Å². The van der Waals surface area contributed by atoms with Crippen molar-refractivity contribution in [1.82, 2.24) is 10.2 Å². The van der Waals surface area contributed by atoms with Gasteiger partial charge in [-0.05, 0) is 32.9 Å². The summed E-state index contributed by atoms with van der Waals surface area (Å²) in [5, 5.41) is 3.37. The van der Waals surface area contributed by atoms with Crippen molar-refractivity contribution in [1.29, 1.82) is 0 Å². The molecule has 1 aliphatic heterocycles. The molecule has 1 fully saturated rings. The molecule has 1 saturated heterocycles. The van der Waals surface area contributed by atoms with Gasteiger partial charge in [-0.3, -0.25) is 4.90 Å². The number of nitrogens with zero attached hydrogens (tertiary/aromatic N) is 1. The number of rotatable bonds is 5. The molecule has 5 N–H and O–H groups in total. The largest absolute Gasteiger partial charge is 0.330 e. The summed E-state index contributed by atoms with van der Waals surface area (Å²) in [5.41, 5.74) is 11.6. The molecule has 4 heteroatoms. The SMILES string of the molecule is CC(CCN)(CCN)N1CCNCC1. The topological polar surface area (TPSA) is 67.3 Å². The first kappa shape index (κ1) is 11.9. The van der Waals surface area contributed by atoms with E-state index in [2.05, 4.69) is 17.1 Å². The summed E-state index contributed by atoms with van der Waals surface area (Å²) in [5.74, 6) is 0. The molecule has 4 nitrogen and oxygen atoms in total. The number of nitrogens with one attached hydrogen (secondary N) is 1. The lowest BCUT2D eigenvalue weighted by Crippen LogP contribution is -2.56. The third-order valence-electron chi connectivity index (χ3n) is 3.25. The van der Waals surface area contributed by atoms with Gasteiger partial charge in [0.25, 0.3) is 0 Å². The van der Waals surface area contributed by atoms with Crippen LogP contribution < -0.4 is 16.8 Å². The summed E-state index contributed by atoms with van der Waals surface area (Å²) >= 11 is 0. The fourth-order valence-corrected chi connectivity index (χ4v) is 2.27. The Morgan fingerprint density at radius 1 is 1.14 bits per heavy atom. The molecule has 0 aromatic rings. The fourth-order valence-electron chi connectivity index (χ4n) is 2.27.